The topological polar surface area (TPSA) is 78.6 Å². The molecule has 1 aromatic carbocycles. The number of aromatic nitrogens is 2. The van der Waals surface area contributed by atoms with Gasteiger partial charge in [-0.15, -0.1) is 0 Å². The Balaban J connectivity index is 2.40. The van der Waals surface area contributed by atoms with Gasteiger partial charge in [0.05, 0.1) is 16.6 Å². The summed E-state index contributed by atoms with van der Waals surface area (Å²) in [6, 6.07) is 4.87. The minimum atomic E-state index is -0.974. The molecule has 0 aliphatic heterocycles. The quantitative estimate of drug-likeness (QED) is 0.847. The Labute approximate surface area is 123 Å². The maximum Gasteiger partial charge on any atom is 0.335 e. The largest absolute Gasteiger partial charge is 0.478 e. The number of carboxylic acid groups (broad SMARTS) is 1. The summed E-state index contributed by atoms with van der Waals surface area (Å²) in [7, 11) is 4.03. The van der Waals surface area contributed by atoms with Crippen LogP contribution in [0.25, 0.3) is 11.0 Å². The van der Waals surface area contributed by atoms with Gasteiger partial charge in [0.2, 0.25) is 0 Å². The Hall–Kier alpha value is -1.92. The molecule has 0 aliphatic carbocycles. The normalized spacial score (nSPS) is 13.0. The van der Waals surface area contributed by atoms with Crippen LogP contribution in [0.15, 0.2) is 18.2 Å². The lowest BCUT2D eigenvalue weighted by atomic mass is 10.2. The van der Waals surface area contributed by atoms with Crippen molar-refractivity contribution >= 4 is 17.0 Å². The standard InChI is InChI=1S/C15H21N3O3/c1-10(19)14-16-12-9-11(15(20)21)5-6-13(12)18(14)8-4-7-17(2)3/h5-6,9-10,19H,4,7-8H2,1-3H3,(H,20,21). The molecule has 1 unspecified atom stereocenters. The summed E-state index contributed by atoms with van der Waals surface area (Å²) in [5.74, 6) is -0.399. The van der Waals surface area contributed by atoms with E-state index < -0.39 is 12.1 Å². The van der Waals surface area contributed by atoms with Crippen LogP contribution in [-0.2, 0) is 6.54 Å². The summed E-state index contributed by atoms with van der Waals surface area (Å²) in [6.07, 6.45) is 0.240. The van der Waals surface area contributed by atoms with Gasteiger partial charge in [-0.05, 0) is 52.2 Å². The number of imidazole rings is 1. The van der Waals surface area contributed by atoms with Crippen molar-refractivity contribution in [1.29, 1.82) is 0 Å². The van der Waals surface area contributed by atoms with Crippen molar-refractivity contribution in [2.24, 2.45) is 0 Å². The summed E-state index contributed by atoms with van der Waals surface area (Å²) < 4.78 is 1.97. The number of carbonyl (C=O) groups is 1. The third-order valence-corrected chi connectivity index (χ3v) is 3.39. The Kier molecular flexibility index (Phi) is 4.59. The van der Waals surface area contributed by atoms with E-state index in [9.17, 15) is 9.90 Å². The zero-order chi connectivity index (χ0) is 15.6. The van der Waals surface area contributed by atoms with Gasteiger partial charge in [0.1, 0.15) is 11.9 Å². The van der Waals surface area contributed by atoms with Crippen molar-refractivity contribution < 1.29 is 15.0 Å². The number of nitrogens with zero attached hydrogens (tertiary/aromatic N) is 3. The zero-order valence-corrected chi connectivity index (χ0v) is 12.6. The number of aliphatic hydroxyl groups is 1. The van der Waals surface area contributed by atoms with E-state index in [2.05, 4.69) is 9.88 Å². The summed E-state index contributed by atoms with van der Waals surface area (Å²) in [5.41, 5.74) is 1.67. The Morgan fingerprint density at radius 3 is 2.71 bits per heavy atom. The lowest BCUT2D eigenvalue weighted by Gasteiger charge is -2.13. The molecule has 0 saturated carbocycles. The van der Waals surface area contributed by atoms with Gasteiger partial charge >= 0.3 is 5.97 Å². The van der Waals surface area contributed by atoms with Gasteiger partial charge in [0.25, 0.3) is 0 Å². The number of aromatic carboxylic acids is 1. The highest BCUT2D eigenvalue weighted by atomic mass is 16.4. The number of carboxylic acids is 1. The van der Waals surface area contributed by atoms with E-state index in [0.717, 1.165) is 25.0 Å². The minimum Gasteiger partial charge on any atom is -0.478 e. The van der Waals surface area contributed by atoms with E-state index in [-0.39, 0.29) is 5.56 Å². The van der Waals surface area contributed by atoms with E-state index in [1.807, 2.05) is 18.7 Å². The molecule has 2 N–H and O–H groups in total. The summed E-state index contributed by atoms with van der Waals surface area (Å²) in [6.45, 7) is 3.34. The minimum absolute atomic E-state index is 0.206. The second-order valence-electron chi connectivity index (χ2n) is 5.46. The fourth-order valence-electron chi connectivity index (χ4n) is 2.38. The number of hydrogen-bond acceptors (Lipinski definition) is 4. The number of benzene rings is 1. The fourth-order valence-corrected chi connectivity index (χ4v) is 2.38. The average molecular weight is 291 g/mol. The van der Waals surface area contributed by atoms with Gasteiger partial charge in [-0.3, -0.25) is 0 Å². The third kappa shape index (κ3) is 3.40. The molecule has 2 aromatic rings. The first-order chi connectivity index (χ1) is 9.90. The van der Waals surface area contributed by atoms with Crippen LogP contribution in [0.5, 0.6) is 0 Å². The molecule has 0 aliphatic rings. The first kappa shape index (κ1) is 15.5. The molecule has 21 heavy (non-hydrogen) atoms. The first-order valence-corrected chi connectivity index (χ1v) is 6.96. The van der Waals surface area contributed by atoms with E-state index in [1.165, 1.54) is 0 Å². The molecule has 0 radical (unpaired) electrons. The molecule has 1 atom stereocenters. The maximum atomic E-state index is 11.0. The fraction of sp³-hybridized carbons (Fsp3) is 0.467. The van der Waals surface area contributed by atoms with Crippen molar-refractivity contribution in [3.8, 4) is 0 Å². The molecule has 6 heteroatoms. The molecule has 114 valence electrons. The highest BCUT2D eigenvalue weighted by Gasteiger charge is 2.16. The van der Waals surface area contributed by atoms with Gasteiger partial charge in [-0.25, -0.2) is 9.78 Å². The number of aryl methyl sites for hydroxylation is 1. The van der Waals surface area contributed by atoms with Crippen molar-refractivity contribution in [1.82, 2.24) is 14.5 Å². The van der Waals surface area contributed by atoms with Crippen LogP contribution in [0.2, 0.25) is 0 Å². The monoisotopic (exact) mass is 291 g/mol. The smallest absolute Gasteiger partial charge is 0.335 e. The van der Waals surface area contributed by atoms with Gasteiger partial charge in [0.15, 0.2) is 0 Å². The second-order valence-corrected chi connectivity index (χ2v) is 5.46. The molecular weight excluding hydrogens is 270 g/mol. The molecule has 2 rings (SSSR count). The van der Waals surface area contributed by atoms with Crippen LogP contribution in [0.3, 0.4) is 0 Å². The molecule has 0 saturated heterocycles. The molecular formula is C15H21N3O3. The van der Waals surface area contributed by atoms with Crippen LogP contribution in [0.1, 0.15) is 35.6 Å². The van der Waals surface area contributed by atoms with E-state index in [4.69, 9.17) is 5.11 Å². The predicted molar refractivity (Wildman–Crippen MR) is 80.5 cm³/mol. The highest BCUT2D eigenvalue weighted by molar-refractivity contribution is 5.92. The van der Waals surface area contributed by atoms with Gasteiger partial charge < -0.3 is 19.7 Å². The summed E-state index contributed by atoms with van der Waals surface area (Å²) >= 11 is 0. The molecule has 0 fully saturated rings. The molecule has 0 bridgehead atoms. The van der Waals surface area contributed by atoms with E-state index in [1.54, 1.807) is 25.1 Å². The Morgan fingerprint density at radius 1 is 1.43 bits per heavy atom. The van der Waals surface area contributed by atoms with Crippen molar-refractivity contribution in [3.05, 3.63) is 29.6 Å². The van der Waals surface area contributed by atoms with Crippen LogP contribution in [0, 0.1) is 0 Å². The summed E-state index contributed by atoms with van der Waals surface area (Å²) in [4.78, 5) is 17.5. The third-order valence-electron chi connectivity index (χ3n) is 3.39. The second kappa shape index (κ2) is 6.24. The number of aliphatic hydroxyl groups excluding tert-OH is 1. The molecule has 6 nitrogen and oxygen atoms in total. The zero-order valence-electron chi connectivity index (χ0n) is 12.6. The van der Waals surface area contributed by atoms with Gasteiger partial charge in [0, 0.05) is 6.54 Å². The average Bonchev–Trinajstić information content (AvgIpc) is 2.76. The van der Waals surface area contributed by atoms with Crippen molar-refractivity contribution in [2.75, 3.05) is 20.6 Å². The van der Waals surface area contributed by atoms with Gasteiger partial charge in [-0.2, -0.15) is 0 Å². The van der Waals surface area contributed by atoms with Crippen LogP contribution in [0.4, 0.5) is 0 Å². The summed E-state index contributed by atoms with van der Waals surface area (Å²) in [5, 5.41) is 18.9. The van der Waals surface area contributed by atoms with Crippen LogP contribution >= 0.6 is 0 Å². The van der Waals surface area contributed by atoms with Crippen LogP contribution < -0.4 is 0 Å². The Bertz CT molecular complexity index is 647. The van der Waals surface area contributed by atoms with Gasteiger partial charge in [-0.1, -0.05) is 0 Å². The molecule has 0 spiro atoms. The number of rotatable bonds is 6. The molecule has 0 amide bonds. The van der Waals surface area contributed by atoms with Crippen molar-refractivity contribution in [3.63, 3.8) is 0 Å². The highest BCUT2D eigenvalue weighted by Crippen LogP contribution is 2.22. The Morgan fingerprint density at radius 2 is 2.14 bits per heavy atom. The molecule has 1 heterocycles. The van der Waals surface area contributed by atoms with Crippen molar-refractivity contribution in [2.45, 2.75) is 26.0 Å². The number of hydrogen-bond donors (Lipinski definition) is 2. The maximum absolute atomic E-state index is 11.0. The lowest BCUT2D eigenvalue weighted by molar-refractivity contribution is 0.0697. The first-order valence-electron chi connectivity index (χ1n) is 6.96. The number of fused-ring (bicyclic) bond motifs is 1. The lowest BCUT2D eigenvalue weighted by Crippen LogP contribution is -2.16. The molecule has 1 aromatic heterocycles. The van der Waals surface area contributed by atoms with E-state index >= 15 is 0 Å². The van der Waals surface area contributed by atoms with Crippen LogP contribution in [-0.4, -0.2) is 51.3 Å². The SMILES string of the molecule is CC(O)c1nc2cc(C(=O)O)ccc2n1CCCN(C)C. The predicted octanol–water partition coefficient (Wildman–Crippen LogP) is 1.74. The van der Waals surface area contributed by atoms with E-state index in [0.29, 0.717) is 11.3 Å².